The van der Waals surface area contributed by atoms with E-state index < -0.39 is 5.82 Å². The minimum atomic E-state index is -0.468. The van der Waals surface area contributed by atoms with Gasteiger partial charge in [-0.25, -0.2) is 4.39 Å². The highest BCUT2D eigenvalue weighted by Crippen LogP contribution is 2.24. The Balaban J connectivity index is 1.82. The molecule has 0 N–H and O–H groups in total. The molecule has 3 rings (SSSR count). The molecule has 1 fully saturated rings. The van der Waals surface area contributed by atoms with E-state index in [0.29, 0.717) is 25.1 Å². The molecule has 1 saturated heterocycles. The zero-order valence-electron chi connectivity index (χ0n) is 13.8. The van der Waals surface area contributed by atoms with Crippen molar-refractivity contribution in [1.29, 1.82) is 0 Å². The Kier molecular flexibility index (Phi) is 5.81. The summed E-state index contributed by atoms with van der Waals surface area (Å²) < 4.78 is 24.9. The molecular weight excluding hydrogens is 319 g/mol. The van der Waals surface area contributed by atoms with E-state index >= 15 is 0 Å². The number of rotatable bonds is 4. The number of halogens is 1. The van der Waals surface area contributed by atoms with Crippen LogP contribution >= 0.6 is 0 Å². The van der Waals surface area contributed by atoms with Crippen molar-refractivity contribution in [3.63, 3.8) is 0 Å². The first kappa shape index (κ1) is 17.2. The molecule has 0 bridgehead atoms. The Morgan fingerprint density at radius 2 is 1.96 bits per heavy atom. The molecule has 1 aliphatic heterocycles. The number of benzene rings is 2. The molecule has 25 heavy (non-hydrogen) atoms. The molecule has 0 aliphatic carbocycles. The van der Waals surface area contributed by atoms with Gasteiger partial charge in [0.1, 0.15) is 18.2 Å². The van der Waals surface area contributed by atoms with E-state index in [0.717, 1.165) is 18.4 Å². The van der Waals surface area contributed by atoms with Gasteiger partial charge >= 0.3 is 0 Å². The number of hydrogen-bond acceptors (Lipinski definition) is 3. The number of aldehydes is 1. The van der Waals surface area contributed by atoms with Crippen LogP contribution in [0, 0.1) is 23.6 Å². The van der Waals surface area contributed by atoms with Gasteiger partial charge in [0.25, 0.3) is 0 Å². The van der Waals surface area contributed by atoms with Crippen LogP contribution in [0.3, 0.4) is 0 Å². The average molecular weight is 338 g/mol. The average Bonchev–Trinajstić information content (AvgIpc) is 2.66. The molecule has 4 heteroatoms. The molecule has 0 saturated carbocycles. The summed E-state index contributed by atoms with van der Waals surface area (Å²) >= 11 is 0. The van der Waals surface area contributed by atoms with Crippen molar-refractivity contribution in [1.82, 2.24) is 0 Å². The summed E-state index contributed by atoms with van der Waals surface area (Å²) in [5, 5.41) is 0. The lowest BCUT2D eigenvalue weighted by atomic mass is 9.99. The summed E-state index contributed by atoms with van der Waals surface area (Å²) in [5.74, 6) is 6.05. The molecule has 0 amide bonds. The first-order chi connectivity index (χ1) is 12.3. The third-order valence-electron chi connectivity index (χ3n) is 4.09. The van der Waals surface area contributed by atoms with Crippen LogP contribution in [0.25, 0.3) is 0 Å². The second kappa shape index (κ2) is 8.46. The molecule has 2 aromatic carbocycles. The Morgan fingerprint density at radius 3 is 2.68 bits per heavy atom. The van der Waals surface area contributed by atoms with Crippen molar-refractivity contribution in [2.45, 2.75) is 19.4 Å². The highest BCUT2D eigenvalue weighted by molar-refractivity contribution is 5.83. The number of hydrogen-bond donors (Lipinski definition) is 0. The standard InChI is InChI=1S/C21H19FO3/c22-19-12-18(7-6-16-8-10-24-11-9-16)20(14-23)21(13-19)25-15-17-4-2-1-3-5-17/h1-5,12-14,16H,8-11,15H2. The van der Waals surface area contributed by atoms with Crippen LogP contribution in [0.2, 0.25) is 0 Å². The smallest absolute Gasteiger partial charge is 0.155 e. The van der Waals surface area contributed by atoms with E-state index in [1.54, 1.807) is 0 Å². The fourth-order valence-corrected chi connectivity index (χ4v) is 2.69. The van der Waals surface area contributed by atoms with Crippen molar-refractivity contribution < 1.29 is 18.7 Å². The number of ether oxygens (including phenoxy) is 2. The Bertz CT molecular complexity index is 784. The van der Waals surface area contributed by atoms with Gasteiger partial charge in [-0.3, -0.25) is 4.79 Å². The summed E-state index contributed by atoms with van der Waals surface area (Å²) in [7, 11) is 0. The largest absolute Gasteiger partial charge is 0.488 e. The molecule has 0 radical (unpaired) electrons. The summed E-state index contributed by atoms with van der Waals surface area (Å²) in [4.78, 5) is 11.5. The fraction of sp³-hybridized carbons (Fsp3) is 0.286. The fourth-order valence-electron chi connectivity index (χ4n) is 2.69. The molecular formula is C21H19FO3. The molecule has 1 aliphatic rings. The molecule has 0 aromatic heterocycles. The maximum atomic E-state index is 14.0. The predicted octanol–water partition coefficient (Wildman–Crippen LogP) is 4.00. The monoisotopic (exact) mass is 338 g/mol. The van der Waals surface area contributed by atoms with Gasteiger partial charge in [0, 0.05) is 30.8 Å². The van der Waals surface area contributed by atoms with Crippen LogP contribution in [0.4, 0.5) is 4.39 Å². The topological polar surface area (TPSA) is 35.5 Å². The highest BCUT2D eigenvalue weighted by atomic mass is 19.1. The predicted molar refractivity (Wildman–Crippen MR) is 93.0 cm³/mol. The van der Waals surface area contributed by atoms with Crippen LogP contribution in [-0.2, 0) is 11.3 Å². The quantitative estimate of drug-likeness (QED) is 0.624. The summed E-state index contributed by atoms with van der Waals surface area (Å²) in [6.07, 6.45) is 2.39. The minimum Gasteiger partial charge on any atom is -0.488 e. The molecule has 128 valence electrons. The Labute approximate surface area is 146 Å². The van der Waals surface area contributed by atoms with Gasteiger partial charge < -0.3 is 9.47 Å². The van der Waals surface area contributed by atoms with Crippen molar-refractivity contribution in [3.05, 3.63) is 65.0 Å². The molecule has 0 spiro atoms. The number of carbonyl (C=O) groups is 1. The van der Waals surface area contributed by atoms with Crippen LogP contribution in [0.1, 0.15) is 34.3 Å². The van der Waals surface area contributed by atoms with E-state index in [1.807, 2.05) is 30.3 Å². The first-order valence-electron chi connectivity index (χ1n) is 8.31. The normalized spacial score (nSPS) is 14.4. The van der Waals surface area contributed by atoms with Crippen molar-refractivity contribution in [2.24, 2.45) is 5.92 Å². The zero-order valence-corrected chi connectivity index (χ0v) is 13.8. The van der Waals surface area contributed by atoms with Crippen LogP contribution in [0.15, 0.2) is 42.5 Å². The summed E-state index contributed by atoms with van der Waals surface area (Å²) in [5.41, 5.74) is 1.60. The summed E-state index contributed by atoms with van der Waals surface area (Å²) in [6.45, 7) is 1.64. The maximum Gasteiger partial charge on any atom is 0.155 e. The third-order valence-corrected chi connectivity index (χ3v) is 4.09. The van der Waals surface area contributed by atoms with Gasteiger partial charge in [-0.15, -0.1) is 0 Å². The minimum absolute atomic E-state index is 0.213. The Hall–Kier alpha value is -2.64. The second-order valence-electron chi connectivity index (χ2n) is 5.91. The van der Waals surface area contributed by atoms with Gasteiger partial charge in [0.15, 0.2) is 6.29 Å². The van der Waals surface area contributed by atoms with E-state index in [4.69, 9.17) is 9.47 Å². The van der Waals surface area contributed by atoms with Gasteiger partial charge in [-0.1, -0.05) is 42.2 Å². The van der Waals surface area contributed by atoms with Crippen LogP contribution in [-0.4, -0.2) is 19.5 Å². The van der Waals surface area contributed by atoms with E-state index in [9.17, 15) is 9.18 Å². The van der Waals surface area contributed by atoms with E-state index in [-0.39, 0.29) is 23.8 Å². The van der Waals surface area contributed by atoms with Crippen molar-refractivity contribution >= 4 is 6.29 Å². The van der Waals surface area contributed by atoms with E-state index in [1.165, 1.54) is 12.1 Å². The molecule has 2 aromatic rings. The van der Waals surface area contributed by atoms with Gasteiger partial charge in [-0.2, -0.15) is 0 Å². The van der Waals surface area contributed by atoms with Gasteiger partial charge in [-0.05, 0) is 24.5 Å². The van der Waals surface area contributed by atoms with Crippen LogP contribution in [0.5, 0.6) is 5.75 Å². The van der Waals surface area contributed by atoms with Crippen LogP contribution < -0.4 is 4.74 Å². The van der Waals surface area contributed by atoms with Gasteiger partial charge in [0.05, 0.1) is 5.56 Å². The highest BCUT2D eigenvalue weighted by Gasteiger charge is 2.13. The third kappa shape index (κ3) is 4.68. The van der Waals surface area contributed by atoms with Crippen molar-refractivity contribution in [2.75, 3.05) is 13.2 Å². The molecule has 0 atom stereocenters. The van der Waals surface area contributed by atoms with E-state index in [2.05, 4.69) is 11.8 Å². The second-order valence-corrected chi connectivity index (χ2v) is 5.91. The summed E-state index contributed by atoms with van der Waals surface area (Å²) in [6, 6.07) is 12.0. The maximum absolute atomic E-state index is 14.0. The molecule has 3 nitrogen and oxygen atoms in total. The number of carbonyl (C=O) groups excluding carboxylic acids is 1. The molecule has 1 heterocycles. The van der Waals surface area contributed by atoms with Crippen molar-refractivity contribution in [3.8, 4) is 17.6 Å². The molecule has 0 unspecified atom stereocenters. The zero-order chi connectivity index (χ0) is 17.5. The van der Waals surface area contributed by atoms with Gasteiger partial charge in [0.2, 0.25) is 0 Å². The SMILES string of the molecule is O=Cc1c(C#CC2CCOCC2)cc(F)cc1OCc1ccccc1. The lowest BCUT2D eigenvalue weighted by Crippen LogP contribution is -2.13. The first-order valence-corrected chi connectivity index (χ1v) is 8.31. The lowest BCUT2D eigenvalue weighted by molar-refractivity contribution is 0.0807. The Morgan fingerprint density at radius 1 is 1.20 bits per heavy atom. The lowest BCUT2D eigenvalue weighted by Gasteiger charge is -2.16.